The van der Waals surface area contributed by atoms with Crippen LogP contribution in [0.2, 0.25) is 0 Å². The Morgan fingerprint density at radius 1 is 1.42 bits per heavy atom. The maximum Gasteiger partial charge on any atom is 0.239 e. The molecular weight excluding hydrogens is 242 g/mol. The number of nitrogens with two attached hydrogens (primary N) is 2. The van der Waals surface area contributed by atoms with Crippen molar-refractivity contribution >= 4 is 5.91 Å². The van der Waals surface area contributed by atoms with Crippen LogP contribution in [-0.2, 0) is 9.53 Å². The molecule has 2 atom stereocenters. The quantitative estimate of drug-likeness (QED) is 0.704. The fourth-order valence-electron chi connectivity index (χ4n) is 2.95. The maximum absolute atomic E-state index is 11.7. The van der Waals surface area contributed by atoms with Crippen molar-refractivity contribution in [1.82, 2.24) is 4.90 Å². The molecule has 4 N–H and O–H groups in total. The highest BCUT2D eigenvalue weighted by molar-refractivity contribution is 5.85. The van der Waals surface area contributed by atoms with Gasteiger partial charge in [-0.3, -0.25) is 9.69 Å². The number of ether oxygens (including phenoxy) is 1. The van der Waals surface area contributed by atoms with Gasteiger partial charge in [0.2, 0.25) is 5.91 Å². The lowest BCUT2D eigenvalue weighted by Gasteiger charge is -2.38. The van der Waals surface area contributed by atoms with E-state index < -0.39 is 5.54 Å². The van der Waals surface area contributed by atoms with Crippen molar-refractivity contribution in [1.29, 1.82) is 0 Å². The zero-order chi connectivity index (χ0) is 13.9. The minimum atomic E-state index is -0.841. The number of carbonyl (C=O) groups is 1. The van der Waals surface area contributed by atoms with Gasteiger partial charge in [0.25, 0.3) is 0 Å². The number of rotatable bonds is 7. The Kier molecular flexibility index (Phi) is 4.81. The summed E-state index contributed by atoms with van der Waals surface area (Å²) < 4.78 is 5.81. The van der Waals surface area contributed by atoms with Crippen molar-refractivity contribution in [2.75, 3.05) is 26.2 Å². The largest absolute Gasteiger partial charge is 0.377 e. The summed E-state index contributed by atoms with van der Waals surface area (Å²) in [4.78, 5) is 13.9. The van der Waals surface area contributed by atoms with Crippen LogP contribution in [0, 0.1) is 5.92 Å². The highest BCUT2D eigenvalue weighted by Gasteiger charge is 2.48. The molecule has 1 amide bonds. The second kappa shape index (κ2) is 6.20. The molecule has 0 aromatic rings. The van der Waals surface area contributed by atoms with Gasteiger partial charge in [0.1, 0.15) is 5.54 Å². The van der Waals surface area contributed by atoms with Crippen LogP contribution >= 0.6 is 0 Å². The molecule has 2 aliphatic rings. The van der Waals surface area contributed by atoms with Gasteiger partial charge < -0.3 is 16.2 Å². The molecule has 0 radical (unpaired) electrons. The van der Waals surface area contributed by atoms with Crippen molar-refractivity contribution in [3.05, 3.63) is 0 Å². The highest BCUT2D eigenvalue weighted by atomic mass is 16.5. The Hall–Kier alpha value is -0.650. The predicted octanol–water partition coefficient (Wildman–Crippen LogP) is 0.470. The van der Waals surface area contributed by atoms with Crippen LogP contribution in [0.3, 0.4) is 0 Å². The zero-order valence-electron chi connectivity index (χ0n) is 11.9. The molecule has 5 heteroatoms. The first-order valence-electron chi connectivity index (χ1n) is 7.49. The normalized spacial score (nSPS) is 28.0. The van der Waals surface area contributed by atoms with Gasteiger partial charge in [0.15, 0.2) is 0 Å². The topological polar surface area (TPSA) is 81.6 Å². The van der Waals surface area contributed by atoms with Gasteiger partial charge in [-0.25, -0.2) is 0 Å². The standard InChI is InChI=1S/C14H27N3O2/c1-2-8-19-12-4-3-7-17(9-12)10-14(16,13(15)18)11-5-6-11/h11-12H,2-10,16H2,1H3,(H2,15,18). The minimum Gasteiger partial charge on any atom is -0.377 e. The fraction of sp³-hybridized carbons (Fsp3) is 0.929. The first-order valence-corrected chi connectivity index (χ1v) is 7.49. The van der Waals surface area contributed by atoms with Gasteiger partial charge in [-0.1, -0.05) is 6.92 Å². The number of amides is 1. The summed E-state index contributed by atoms with van der Waals surface area (Å²) in [5.41, 5.74) is 10.9. The van der Waals surface area contributed by atoms with Crippen LogP contribution in [0.4, 0.5) is 0 Å². The van der Waals surface area contributed by atoms with E-state index in [1.54, 1.807) is 0 Å². The third-order valence-electron chi connectivity index (χ3n) is 4.27. The Morgan fingerprint density at radius 3 is 2.74 bits per heavy atom. The molecule has 2 rings (SSSR count). The van der Waals surface area contributed by atoms with E-state index in [1.165, 1.54) is 0 Å². The molecule has 2 unspecified atom stereocenters. The van der Waals surface area contributed by atoms with E-state index in [0.29, 0.717) is 6.54 Å². The molecule has 1 saturated heterocycles. The monoisotopic (exact) mass is 269 g/mol. The predicted molar refractivity (Wildman–Crippen MR) is 74.5 cm³/mol. The summed E-state index contributed by atoms with van der Waals surface area (Å²) in [5, 5.41) is 0. The van der Waals surface area contributed by atoms with Crippen LogP contribution < -0.4 is 11.5 Å². The van der Waals surface area contributed by atoms with E-state index in [9.17, 15) is 4.79 Å². The summed E-state index contributed by atoms with van der Waals surface area (Å²) >= 11 is 0. The number of piperidine rings is 1. The summed E-state index contributed by atoms with van der Waals surface area (Å²) in [6.07, 6.45) is 5.60. The van der Waals surface area contributed by atoms with E-state index in [0.717, 1.165) is 51.8 Å². The lowest BCUT2D eigenvalue weighted by atomic mass is 9.92. The number of hydrogen-bond acceptors (Lipinski definition) is 4. The highest BCUT2D eigenvalue weighted by Crippen LogP contribution is 2.39. The van der Waals surface area contributed by atoms with Crippen LogP contribution in [0.15, 0.2) is 0 Å². The van der Waals surface area contributed by atoms with Crippen molar-refractivity contribution in [3.63, 3.8) is 0 Å². The molecule has 1 aliphatic heterocycles. The molecule has 5 nitrogen and oxygen atoms in total. The number of primary amides is 1. The Morgan fingerprint density at radius 2 is 2.16 bits per heavy atom. The summed E-state index contributed by atoms with van der Waals surface area (Å²) in [7, 11) is 0. The van der Waals surface area contributed by atoms with Crippen LogP contribution in [-0.4, -0.2) is 48.7 Å². The van der Waals surface area contributed by atoms with E-state index in [1.807, 2.05) is 0 Å². The number of nitrogens with zero attached hydrogens (tertiary/aromatic N) is 1. The molecule has 19 heavy (non-hydrogen) atoms. The maximum atomic E-state index is 11.7. The lowest BCUT2D eigenvalue weighted by molar-refractivity contribution is -0.125. The molecule has 2 fully saturated rings. The smallest absolute Gasteiger partial charge is 0.239 e. The summed E-state index contributed by atoms with van der Waals surface area (Å²) in [5.74, 6) is -0.0754. The van der Waals surface area contributed by atoms with Gasteiger partial charge in [-0.05, 0) is 44.6 Å². The number of hydrogen-bond donors (Lipinski definition) is 2. The average molecular weight is 269 g/mol. The van der Waals surface area contributed by atoms with Crippen LogP contribution in [0.5, 0.6) is 0 Å². The van der Waals surface area contributed by atoms with E-state index in [4.69, 9.17) is 16.2 Å². The van der Waals surface area contributed by atoms with Crippen LogP contribution in [0.1, 0.15) is 39.0 Å². The van der Waals surface area contributed by atoms with Crippen molar-refractivity contribution in [3.8, 4) is 0 Å². The van der Waals surface area contributed by atoms with E-state index in [-0.39, 0.29) is 17.9 Å². The van der Waals surface area contributed by atoms with E-state index in [2.05, 4.69) is 11.8 Å². The van der Waals surface area contributed by atoms with Crippen molar-refractivity contribution < 1.29 is 9.53 Å². The van der Waals surface area contributed by atoms with Gasteiger partial charge >= 0.3 is 0 Å². The molecule has 110 valence electrons. The molecule has 1 saturated carbocycles. The van der Waals surface area contributed by atoms with Gasteiger partial charge in [0, 0.05) is 19.7 Å². The van der Waals surface area contributed by atoms with Crippen molar-refractivity contribution in [2.45, 2.75) is 50.7 Å². The van der Waals surface area contributed by atoms with E-state index >= 15 is 0 Å². The van der Waals surface area contributed by atoms with Crippen molar-refractivity contribution in [2.24, 2.45) is 17.4 Å². The van der Waals surface area contributed by atoms with Gasteiger partial charge in [-0.15, -0.1) is 0 Å². The molecule has 0 bridgehead atoms. The van der Waals surface area contributed by atoms with Gasteiger partial charge in [-0.2, -0.15) is 0 Å². The Balaban J connectivity index is 1.88. The molecule has 0 spiro atoms. The summed E-state index contributed by atoms with van der Waals surface area (Å²) in [6.45, 7) is 5.37. The average Bonchev–Trinajstić information content (AvgIpc) is 3.21. The molecule has 1 heterocycles. The first-order chi connectivity index (χ1) is 9.06. The van der Waals surface area contributed by atoms with Gasteiger partial charge in [0.05, 0.1) is 6.10 Å². The summed E-state index contributed by atoms with van der Waals surface area (Å²) in [6, 6.07) is 0. The Bertz CT molecular complexity index is 320. The number of carbonyl (C=O) groups excluding carboxylic acids is 1. The third-order valence-corrected chi connectivity index (χ3v) is 4.27. The third kappa shape index (κ3) is 3.68. The second-order valence-corrected chi connectivity index (χ2v) is 6.05. The van der Waals surface area contributed by atoms with Crippen LogP contribution in [0.25, 0.3) is 0 Å². The molecule has 0 aromatic heterocycles. The minimum absolute atomic E-state index is 0.280. The number of likely N-dealkylation sites (tertiary alicyclic amines) is 1. The Labute approximate surface area is 115 Å². The molecule has 1 aliphatic carbocycles. The fourth-order valence-corrected chi connectivity index (χ4v) is 2.95. The molecular formula is C14H27N3O2. The molecule has 0 aromatic carbocycles. The zero-order valence-corrected chi connectivity index (χ0v) is 11.9. The lowest BCUT2D eigenvalue weighted by Crippen LogP contribution is -2.62. The first kappa shape index (κ1) is 14.8. The second-order valence-electron chi connectivity index (χ2n) is 6.05. The SMILES string of the molecule is CCCOC1CCCN(CC(N)(C(N)=O)C2CC2)C1.